The van der Waals surface area contributed by atoms with Gasteiger partial charge in [0.15, 0.2) is 0 Å². The van der Waals surface area contributed by atoms with E-state index in [1.807, 2.05) is 0 Å². The molecule has 0 saturated heterocycles. The van der Waals surface area contributed by atoms with E-state index in [0.717, 1.165) is 0 Å². The summed E-state index contributed by atoms with van der Waals surface area (Å²) in [7, 11) is -12.9. The SMILES string of the molecule is O=[P+]([O-])O[P+](=O)[O-].O=[P+]([O-])O[P+](=O)[O-].[Na+].[Na+].[Na+].[Na+]. The molecule has 0 amide bonds. The van der Waals surface area contributed by atoms with Gasteiger partial charge in [-0.15, -0.1) is 0 Å². The average molecular weight is 376 g/mol. The Hall–Kier alpha value is 4.16. The normalized spacial score (nSPS) is 10.4. The van der Waals surface area contributed by atoms with Crippen LogP contribution >= 0.6 is 33.0 Å². The van der Waals surface area contributed by atoms with Crippen LogP contribution in [-0.4, -0.2) is 0 Å². The minimum Gasteiger partial charge on any atom is -0.563 e. The fourth-order valence-electron chi connectivity index (χ4n) is 0.109. The summed E-state index contributed by atoms with van der Waals surface area (Å²) < 4.78 is 43.3. The monoisotopic (exact) mass is 376 g/mol. The fourth-order valence-corrected chi connectivity index (χ4v) is 0.980. The van der Waals surface area contributed by atoms with E-state index in [1.54, 1.807) is 0 Å². The summed E-state index contributed by atoms with van der Waals surface area (Å²) in [5.74, 6) is 0. The molecular weight excluding hydrogens is 376 g/mol. The van der Waals surface area contributed by atoms with Crippen LogP contribution in [0, 0.1) is 0 Å². The van der Waals surface area contributed by atoms with Crippen LogP contribution in [0.3, 0.4) is 0 Å². The first-order valence-electron chi connectivity index (χ1n) is 2.19. The maximum Gasteiger partial charge on any atom is 1.00 e. The predicted octanol–water partition coefficient (Wildman–Crippen LogP) is -13.9. The summed E-state index contributed by atoms with van der Waals surface area (Å²) in [5, 5.41) is 0. The van der Waals surface area contributed by atoms with Crippen molar-refractivity contribution in [2.24, 2.45) is 0 Å². The quantitative estimate of drug-likeness (QED) is 0.338. The van der Waals surface area contributed by atoms with Crippen molar-refractivity contribution in [2.75, 3.05) is 0 Å². The molecule has 0 aliphatic heterocycles. The van der Waals surface area contributed by atoms with Gasteiger partial charge in [0.1, 0.15) is 8.62 Å². The standard InChI is InChI=1S/4Na.2O5P2/c;;;;2*1-6(2)5-7(3)4/q4*+1;;. The van der Waals surface area contributed by atoms with Gasteiger partial charge in [-0.2, -0.15) is 0 Å². The van der Waals surface area contributed by atoms with E-state index in [9.17, 15) is 37.8 Å². The summed E-state index contributed by atoms with van der Waals surface area (Å²) in [6.07, 6.45) is 0. The predicted molar refractivity (Wildman–Crippen MR) is 32.6 cm³/mol. The van der Waals surface area contributed by atoms with Crippen LogP contribution in [0.4, 0.5) is 0 Å². The van der Waals surface area contributed by atoms with Gasteiger partial charge >= 0.3 is 151 Å². The summed E-state index contributed by atoms with van der Waals surface area (Å²) in [5.41, 5.74) is 0. The molecule has 80 valence electrons. The number of hydrogen-bond donors (Lipinski definition) is 0. The molecule has 4 atom stereocenters. The fraction of sp³-hybridized carbons (Fsp3) is 0. The second kappa shape index (κ2) is 26.1. The maximum atomic E-state index is 9.24. The Kier molecular flexibility index (Phi) is 55.0. The molecular formula is Na4O10P4+4. The van der Waals surface area contributed by atoms with E-state index >= 15 is 0 Å². The van der Waals surface area contributed by atoms with Crippen LogP contribution in [-0.2, 0) is 26.9 Å². The van der Waals surface area contributed by atoms with Crippen molar-refractivity contribution in [2.45, 2.75) is 0 Å². The third-order valence-corrected chi connectivity index (χ3v) is 2.40. The van der Waals surface area contributed by atoms with Crippen molar-refractivity contribution >= 4 is 33.0 Å². The van der Waals surface area contributed by atoms with Crippen molar-refractivity contribution < 1.29 is 165 Å². The molecule has 0 heterocycles. The maximum absolute atomic E-state index is 9.24. The molecule has 18 heteroatoms. The first-order chi connectivity index (χ1) is 6.25. The minimum absolute atomic E-state index is 0. The van der Waals surface area contributed by atoms with E-state index in [4.69, 9.17) is 0 Å². The molecule has 0 bridgehead atoms. The zero-order valence-corrected chi connectivity index (χ0v) is 21.4. The Labute approximate surface area is 194 Å². The first-order valence-corrected chi connectivity index (χ1v) is 6.57. The van der Waals surface area contributed by atoms with E-state index in [1.165, 1.54) is 0 Å². The van der Waals surface area contributed by atoms with Gasteiger partial charge in [-0.3, -0.25) is 0 Å². The molecule has 0 spiro atoms. The molecule has 0 rings (SSSR count). The third kappa shape index (κ3) is 50.1. The molecule has 0 aliphatic carbocycles. The third-order valence-electron chi connectivity index (χ3n) is 0.267. The van der Waals surface area contributed by atoms with Crippen LogP contribution < -0.4 is 138 Å². The van der Waals surface area contributed by atoms with Crippen molar-refractivity contribution in [3.63, 3.8) is 0 Å². The first kappa shape index (κ1) is 38.0. The molecule has 0 saturated carbocycles. The van der Waals surface area contributed by atoms with E-state index in [0.29, 0.717) is 0 Å². The molecule has 18 heavy (non-hydrogen) atoms. The molecule has 10 nitrogen and oxygen atoms in total. The van der Waals surface area contributed by atoms with Crippen LogP contribution in [0.25, 0.3) is 0 Å². The molecule has 0 radical (unpaired) electrons. The largest absolute Gasteiger partial charge is 1.00 e. The molecule has 0 fully saturated rings. The summed E-state index contributed by atoms with van der Waals surface area (Å²) >= 11 is 0. The van der Waals surface area contributed by atoms with Gasteiger partial charge in [0, 0.05) is 0 Å². The van der Waals surface area contributed by atoms with Gasteiger partial charge in [-0.1, -0.05) is 0 Å². The summed E-state index contributed by atoms with van der Waals surface area (Å²) in [6.45, 7) is 0. The van der Waals surface area contributed by atoms with Crippen molar-refractivity contribution in [3.05, 3.63) is 0 Å². The average Bonchev–Trinajstić information content (AvgIpc) is 1.79. The van der Waals surface area contributed by atoms with Gasteiger partial charge in [-0.25, -0.2) is 0 Å². The smallest absolute Gasteiger partial charge is 0.563 e. The number of hydrogen-bond acceptors (Lipinski definition) is 10. The molecule has 0 aromatic heterocycles. The Balaban J connectivity index is -0.0000000327. The van der Waals surface area contributed by atoms with Gasteiger partial charge in [-0.05, 0) is 18.3 Å². The second-order valence-corrected chi connectivity index (χ2v) is 4.15. The van der Waals surface area contributed by atoms with Gasteiger partial charge in [0.2, 0.25) is 0 Å². The van der Waals surface area contributed by atoms with Crippen molar-refractivity contribution in [3.8, 4) is 0 Å². The Morgan fingerprint density at radius 2 is 0.611 bits per heavy atom. The zero-order valence-electron chi connectivity index (χ0n) is 9.87. The summed E-state index contributed by atoms with van der Waals surface area (Å²) in [6, 6.07) is 0. The van der Waals surface area contributed by atoms with Gasteiger partial charge in [0.05, 0.1) is 0 Å². The topological polar surface area (TPSA) is 179 Å². The van der Waals surface area contributed by atoms with Gasteiger partial charge < -0.3 is 19.6 Å². The van der Waals surface area contributed by atoms with Crippen molar-refractivity contribution in [1.29, 1.82) is 0 Å². The zero-order chi connectivity index (χ0) is 11.7. The van der Waals surface area contributed by atoms with Crippen molar-refractivity contribution in [1.82, 2.24) is 0 Å². The van der Waals surface area contributed by atoms with Crippen LogP contribution in [0.1, 0.15) is 0 Å². The minimum atomic E-state index is -3.24. The van der Waals surface area contributed by atoms with Crippen LogP contribution in [0.2, 0.25) is 0 Å². The Morgan fingerprint density at radius 1 is 0.500 bits per heavy atom. The molecule has 0 aromatic rings. The Morgan fingerprint density at radius 3 is 0.611 bits per heavy atom. The molecule has 0 aromatic carbocycles. The van der Waals surface area contributed by atoms with Gasteiger partial charge in [0.25, 0.3) is 0 Å². The van der Waals surface area contributed by atoms with Crippen LogP contribution in [0.15, 0.2) is 0 Å². The molecule has 4 unspecified atom stereocenters. The van der Waals surface area contributed by atoms with Crippen LogP contribution in [0.5, 0.6) is 0 Å². The van der Waals surface area contributed by atoms with E-state index in [-0.39, 0.29) is 118 Å². The Bertz CT molecular complexity index is 204. The number of rotatable bonds is 4. The summed E-state index contributed by atoms with van der Waals surface area (Å²) in [4.78, 5) is 37.0. The second-order valence-electron chi connectivity index (χ2n) is 1.06. The van der Waals surface area contributed by atoms with E-state index < -0.39 is 33.0 Å². The molecule has 0 aliphatic rings. The molecule has 0 N–H and O–H groups in total. The van der Waals surface area contributed by atoms with E-state index in [2.05, 4.69) is 8.62 Å².